The molecule has 0 amide bonds. The molecule has 1 aromatic rings. The first-order valence-electron chi connectivity index (χ1n) is 5.11. The van der Waals surface area contributed by atoms with Crippen molar-refractivity contribution in [3.05, 3.63) is 28.2 Å². The van der Waals surface area contributed by atoms with Gasteiger partial charge in [0.2, 0.25) is 0 Å². The minimum atomic E-state index is -4.49. The van der Waals surface area contributed by atoms with Crippen molar-refractivity contribution in [2.75, 3.05) is 13.7 Å². The number of hydrogen-bond donors (Lipinski definition) is 2. The molecule has 1 unspecified atom stereocenters. The van der Waals surface area contributed by atoms with E-state index in [4.69, 9.17) is 9.84 Å². The SMILES string of the molecule is COc1ccc(Br)c(C(NCC(F)(F)F)C(=O)O)c1. The number of methoxy groups -OCH3 is 1. The fraction of sp³-hybridized carbons (Fsp3) is 0.364. The van der Waals surface area contributed by atoms with Gasteiger partial charge in [0.15, 0.2) is 0 Å². The molecule has 1 rings (SSSR count). The number of nitrogens with one attached hydrogen (secondary N) is 1. The van der Waals surface area contributed by atoms with Gasteiger partial charge in [-0.25, -0.2) is 0 Å². The molecule has 1 aromatic carbocycles. The van der Waals surface area contributed by atoms with Crippen LogP contribution in [0.2, 0.25) is 0 Å². The van der Waals surface area contributed by atoms with Gasteiger partial charge in [0.05, 0.1) is 13.7 Å². The maximum atomic E-state index is 12.1. The molecule has 8 heteroatoms. The topological polar surface area (TPSA) is 58.6 Å². The van der Waals surface area contributed by atoms with Gasteiger partial charge in [-0.05, 0) is 23.8 Å². The molecule has 4 nitrogen and oxygen atoms in total. The second kappa shape index (κ2) is 6.25. The second-order valence-corrected chi connectivity index (χ2v) is 4.51. The Hall–Kier alpha value is -1.28. The average Bonchev–Trinajstić information content (AvgIpc) is 2.29. The number of halogens is 4. The second-order valence-electron chi connectivity index (χ2n) is 3.65. The van der Waals surface area contributed by atoms with Crippen LogP contribution in [-0.2, 0) is 4.79 Å². The average molecular weight is 342 g/mol. The molecule has 19 heavy (non-hydrogen) atoms. The van der Waals surface area contributed by atoms with Gasteiger partial charge in [0.1, 0.15) is 11.8 Å². The zero-order chi connectivity index (χ0) is 14.6. The van der Waals surface area contributed by atoms with Crippen molar-refractivity contribution in [2.24, 2.45) is 0 Å². The minimum Gasteiger partial charge on any atom is -0.497 e. The van der Waals surface area contributed by atoms with Crippen molar-refractivity contribution in [2.45, 2.75) is 12.2 Å². The predicted octanol–water partition coefficient (Wildman–Crippen LogP) is 2.74. The van der Waals surface area contributed by atoms with Crippen LogP contribution in [0.1, 0.15) is 11.6 Å². The van der Waals surface area contributed by atoms with Crippen LogP contribution in [-0.4, -0.2) is 30.9 Å². The van der Waals surface area contributed by atoms with E-state index in [1.165, 1.54) is 19.2 Å². The van der Waals surface area contributed by atoms with Crippen molar-refractivity contribution in [3.63, 3.8) is 0 Å². The highest BCUT2D eigenvalue weighted by atomic mass is 79.9. The lowest BCUT2D eigenvalue weighted by molar-refractivity contribution is -0.143. The molecule has 0 saturated heterocycles. The molecule has 0 aromatic heterocycles. The first-order valence-corrected chi connectivity index (χ1v) is 5.90. The van der Waals surface area contributed by atoms with Crippen molar-refractivity contribution >= 4 is 21.9 Å². The Labute approximate surface area is 115 Å². The van der Waals surface area contributed by atoms with Crippen LogP contribution in [0.25, 0.3) is 0 Å². The highest BCUT2D eigenvalue weighted by Gasteiger charge is 2.31. The van der Waals surface area contributed by atoms with Crippen LogP contribution in [0.15, 0.2) is 22.7 Å². The summed E-state index contributed by atoms with van der Waals surface area (Å²) in [5.41, 5.74) is 0.163. The number of ether oxygens (including phenoxy) is 1. The first kappa shape index (κ1) is 15.8. The number of benzene rings is 1. The van der Waals surface area contributed by atoms with Crippen LogP contribution in [0.5, 0.6) is 5.75 Å². The molecule has 0 aliphatic carbocycles. The Balaban J connectivity index is 3.02. The third-order valence-electron chi connectivity index (χ3n) is 2.27. The van der Waals surface area contributed by atoms with Gasteiger partial charge in [-0.15, -0.1) is 0 Å². The molecule has 0 fully saturated rings. The summed E-state index contributed by atoms with van der Waals surface area (Å²) in [5, 5.41) is 11.0. The quantitative estimate of drug-likeness (QED) is 0.864. The third kappa shape index (κ3) is 4.71. The summed E-state index contributed by atoms with van der Waals surface area (Å²) >= 11 is 3.11. The Morgan fingerprint density at radius 3 is 2.63 bits per heavy atom. The summed E-state index contributed by atoms with van der Waals surface area (Å²) in [7, 11) is 1.38. The van der Waals surface area contributed by atoms with Crippen molar-refractivity contribution in [1.29, 1.82) is 0 Å². The van der Waals surface area contributed by atoms with Crippen LogP contribution in [0, 0.1) is 0 Å². The van der Waals surface area contributed by atoms with E-state index < -0.39 is 24.7 Å². The summed E-state index contributed by atoms with van der Waals surface area (Å²) in [5.74, 6) is -1.04. The van der Waals surface area contributed by atoms with Crippen LogP contribution in [0.3, 0.4) is 0 Å². The number of carboxylic acids is 1. The molecule has 106 valence electrons. The van der Waals surface area contributed by atoms with Crippen LogP contribution < -0.4 is 10.1 Å². The van der Waals surface area contributed by atoms with Gasteiger partial charge in [-0.2, -0.15) is 13.2 Å². The number of rotatable bonds is 5. The van der Waals surface area contributed by atoms with Crippen molar-refractivity contribution in [3.8, 4) is 5.75 Å². The molecule has 0 radical (unpaired) electrons. The van der Waals surface area contributed by atoms with E-state index in [9.17, 15) is 18.0 Å². The molecule has 1 atom stereocenters. The molecule has 2 N–H and O–H groups in total. The summed E-state index contributed by atoms with van der Waals surface area (Å²) in [6.45, 7) is -1.40. The standard InChI is InChI=1S/C11H11BrF3NO3/c1-19-6-2-3-8(12)7(4-6)9(10(17)18)16-5-11(13,14)15/h2-4,9,16H,5H2,1H3,(H,17,18). The first-order chi connectivity index (χ1) is 8.74. The smallest absolute Gasteiger partial charge is 0.401 e. The molecule has 0 bridgehead atoms. The molecule has 0 aliphatic heterocycles. The Morgan fingerprint density at radius 1 is 1.53 bits per heavy atom. The van der Waals surface area contributed by atoms with E-state index in [2.05, 4.69) is 15.9 Å². The Kier molecular flexibility index (Phi) is 5.19. The molecular formula is C11H11BrF3NO3. The molecule has 0 spiro atoms. The summed E-state index contributed by atoms with van der Waals surface area (Å²) in [6, 6.07) is 2.97. The van der Waals surface area contributed by atoms with Gasteiger partial charge in [-0.1, -0.05) is 15.9 Å². The van der Waals surface area contributed by atoms with Gasteiger partial charge in [0, 0.05) is 4.47 Å². The summed E-state index contributed by atoms with van der Waals surface area (Å²) < 4.78 is 41.8. The number of alkyl halides is 3. The number of carbonyl (C=O) groups is 1. The van der Waals surface area contributed by atoms with Crippen LogP contribution >= 0.6 is 15.9 Å². The molecular weight excluding hydrogens is 331 g/mol. The van der Waals surface area contributed by atoms with E-state index in [1.807, 2.05) is 5.32 Å². The fourth-order valence-corrected chi connectivity index (χ4v) is 1.89. The van der Waals surface area contributed by atoms with Gasteiger partial charge < -0.3 is 9.84 Å². The number of carboxylic acid groups (broad SMARTS) is 1. The van der Waals surface area contributed by atoms with Gasteiger partial charge in [0.25, 0.3) is 0 Å². The number of aliphatic carboxylic acids is 1. The zero-order valence-corrected chi connectivity index (χ0v) is 11.4. The lowest BCUT2D eigenvalue weighted by Crippen LogP contribution is -2.36. The number of hydrogen-bond acceptors (Lipinski definition) is 3. The largest absolute Gasteiger partial charge is 0.497 e. The van der Waals surface area contributed by atoms with Gasteiger partial charge >= 0.3 is 12.1 Å². The maximum Gasteiger partial charge on any atom is 0.401 e. The lowest BCUT2D eigenvalue weighted by atomic mass is 10.1. The molecule has 0 heterocycles. The minimum absolute atomic E-state index is 0.163. The highest BCUT2D eigenvalue weighted by Crippen LogP contribution is 2.28. The lowest BCUT2D eigenvalue weighted by Gasteiger charge is -2.18. The van der Waals surface area contributed by atoms with Crippen molar-refractivity contribution < 1.29 is 27.8 Å². The third-order valence-corrected chi connectivity index (χ3v) is 2.99. The summed E-state index contributed by atoms with van der Waals surface area (Å²) in [6.07, 6.45) is -4.49. The monoisotopic (exact) mass is 341 g/mol. The Morgan fingerprint density at radius 2 is 2.16 bits per heavy atom. The fourth-order valence-electron chi connectivity index (χ4n) is 1.42. The maximum absolute atomic E-state index is 12.1. The van der Waals surface area contributed by atoms with Crippen LogP contribution in [0.4, 0.5) is 13.2 Å². The predicted molar refractivity (Wildman–Crippen MR) is 65.1 cm³/mol. The van der Waals surface area contributed by atoms with E-state index in [0.717, 1.165) is 0 Å². The highest BCUT2D eigenvalue weighted by molar-refractivity contribution is 9.10. The van der Waals surface area contributed by atoms with E-state index in [0.29, 0.717) is 10.2 Å². The van der Waals surface area contributed by atoms with Gasteiger partial charge in [-0.3, -0.25) is 10.1 Å². The van der Waals surface area contributed by atoms with E-state index in [-0.39, 0.29) is 5.56 Å². The Bertz CT molecular complexity index is 465. The molecule has 0 saturated carbocycles. The van der Waals surface area contributed by atoms with E-state index >= 15 is 0 Å². The van der Waals surface area contributed by atoms with Crippen molar-refractivity contribution in [1.82, 2.24) is 5.32 Å². The summed E-state index contributed by atoms with van der Waals surface area (Å²) in [4.78, 5) is 11.1. The normalized spacial score (nSPS) is 13.1. The molecule has 0 aliphatic rings. The van der Waals surface area contributed by atoms with E-state index in [1.54, 1.807) is 6.07 Å². The zero-order valence-electron chi connectivity index (χ0n) is 9.79.